The molecule has 16 heavy (non-hydrogen) atoms. The van der Waals surface area contributed by atoms with Crippen molar-refractivity contribution in [2.24, 2.45) is 5.73 Å². The van der Waals surface area contributed by atoms with Gasteiger partial charge in [-0.25, -0.2) is 0 Å². The van der Waals surface area contributed by atoms with E-state index in [2.05, 4.69) is 4.74 Å². The standard InChI is InChI=1S/C12H15F2NO/c1-9(4-3-7-15)10-5-2-6-11(8-10)16-12(13)14/h2,4-6,8,12H,3,7,15H2,1H3. The minimum absolute atomic E-state index is 0.174. The highest BCUT2D eigenvalue weighted by Crippen LogP contribution is 2.21. The van der Waals surface area contributed by atoms with E-state index in [1.54, 1.807) is 12.1 Å². The van der Waals surface area contributed by atoms with Crippen LogP contribution in [0.25, 0.3) is 5.57 Å². The lowest BCUT2D eigenvalue weighted by Gasteiger charge is -2.07. The van der Waals surface area contributed by atoms with Gasteiger partial charge in [0.25, 0.3) is 0 Å². The number of benzene rings is 1. The summed E-state index contributed by atoms with van der Waals surface area (Å²) < 4.78 is 28.3. The molecule has 0 spiro atoms. The lowest BCUT2D eigenvalue weighted by molar-refractivity contribution is -0.0498. The molecule has 4 heteroatoms. The Hall–Kier alpha value is -1.42. The van der Waals surface area contributed by atoms with Gasteiger partial charge in [0.15, 0.2) is 0 Å². The minimum Gasteiger partial charge on any atom is -0.435 e. The fourth-order valence-electron chi connectivity index (χ4n) is 1.34. The Morgan fingerprint density at radius 2 is 2.25 bits per heavy atom. The Morgan fingerprint density at radius 3 is 2.88 bits per heavy atom. The van der Waals surface area contributed by atoms with Gasteiger partial charge in [-0.1, -0.05) is 18.2 Å². The first-order chi connectivity index (χ1) is 7.63. The third-order valence-electron chi connectivity index (χ3n) is 2.13. The van der Waals surface area contributed by atoms with Gasteiger partial charge >= 0.3 is 6.61 Å². The second kappa shape index (κ2) is 6.23. The average molecular weight is 227 g/mol. The molecule has 0 bridgehead atoms. The highest BCUT2D eigenvalue weighted by Gasteiger charge is 2.04. The zero-order valence-electron chi connectivity index (χ0n) is 9.12. The van der Waals surface area contributed by atoms with E-state index in [1.807, 2.05) is 19.1 Å². The Kier molecular flexibility index (Phi) is 4.92. The summed E-state index contributed by atoms with van der Waals surface area (Å²) in [5.74, 6) is 0.174. The molecule has 2 nitrogen and oxygen atoms in total. The van der Waals surface area contributed by atoms with E-state index in [0.29, 0.717) is 6.54 Å². The predicted octanol–water partition coefficient (Wildman–Crippen LogP) is 3.04. The van der Waals surface area contributed by atoms with Crippen molar-refractivity contribution < 1.29 is 13.5 Å². The molecule has 0 radical (unpaired) electrons. The SMILES string of the molecule is CC(=CCCN)c1cccc(OC(F)F)c1. The van der Waals surface area contributed by atoms with Crippen LogP contribution in [0.4, 0.5) is 8.78 Å². The second-order valence-electron chi connectivity index (χ2n) is 3.37. The summed E-state index contributed by atoms with van der Waals surface area (Å²) in [4.78, 5) is 0. The number of halogens is 2. The Bertz CT molecular complexity index is 364. The van der Waals surface area contributed by atoms with Crippen molar-refractivity contribution in [3.63, 3.8) is 0 Å². The number of rotatable bonds is 5. The zero-order chi connectivity index (χ0) is 12.0. The molecule has 2 N–H and O–H groups in total. The van der Waals surface area contributed by atoms with Crippen molar-refractivity contribution in [3.8, 4) is 5.75 Å². The maximum Gasteiger partial charge on any atom is 0.387 e. The van der Waals surface area contributed by atoms with Gasteiger partial charge < -0.3 is 10.5 Å². The highest BCUT2D eigenvalue weighted by atomic mass is 19.3. The lowest BCUT2D eigenvalue weighted by atomic mass is 10.1. The predicted molar refractivity (Wildman–Crippen MR) is 60.4 cm³/mol. The second-order valence-corrected chi connectivity index (χ2v) is 3.37. The number of ether oxygens (including phenoxy) is 1. The van der Waals surface area contributed by atoms with E-state index < -0.39 is 6.61 Å². The van der Waals surface area contributed by atoms with Crippen LogP contribution in [0, 0.1) is 0 Å². The van der Waals surface area contributed by atoms with Crippen molar-refractivity contribution in [2.45, 2.75) is 20.0 Å². The van der Waals surface area contributed by atoms with Crippen molar-refractivity contribution in [2.75, 3.05) is 6.54 Å². The average Bonchev–Trinajstić information content (AvgIpc) is 2.25. The lowest BCUT2D eigenvalue weighted by Crippen LogP contribution is -2.01. The van der Waals surface area contributed by atoms with Crippen LogP contribution in [0.3, 0.4) is 0 Å². The van der Waals surface area contributed by atoms with Crippen molar-refractivity contribution in [1.82, 2.24) is 0 Å². The monoisotopic (exact) mass is 227 g/mol. The van der Waals surface area contributed by atoms with Gasteiger partial charge in [0.1, 0.15) is 5.75 Å². The molecule has 1 aromatic rings. The topological polar surface area (TPSA) is 35.2 Å². The fraction of sp³-hybridized carbons (Fsp3) is 0.333. The Labute approximate surface area is 93.7 Å². The van der Waals surface area contributed by atoms with Crippen LogP contribution in [0.5, 0.6) is 5.75 Å². The molecule has 0 atom stereocenters. The zero-order valence-corrected chi connectivity index (χ0v) is 9.12. The highest BCUT2D eigenvalue weighted by molar-refractivity contribution is 5.64. The maximum atomic E-state index is 12.0. The largest absolute Gasteiger partial charge is 0.435 e. The molecule has 0 amide bonds. The summed E-state index contributed by atoms with van der Waals surface area (Å²) in [7, 11) is 0. The molecule has 0 heterocycles. The van der Waals surface area contributed by atoms with Crippen LogP contribution < -0.4 is 10.5 Å². The van der Waals surface area contributed by atoms with E-state index in [0.717, 1.165) is 17.6 Å². The van der Waals surface area contributed by atoms with E-state index in [-0.39, 0.29) is 5.75 Å². The molecular formula is C12H15F2NO. The first kappa shape index (κ1) is 12.6. The van der Waals surface area contributed by atoms with Gasteiger partial charge in [-0.05, 0) is 43.2 Å². The van der Waals surface area contributed by atoms with E-state index in [1.165, 1.54) is 6.07 Å². The fourth-order valence-corrected chi connectivity index (χ4v) is 1.34. The number of alkyl halides is 2. The minimum atomic E-state index is -2.79. The first-order valence-electron chi connectivity index (χ1n) is 5.05. The summed E-state index contributed by atoms with van der Waals surface area (Å²) in [5, 5.41) is 0. The molecule has 1 aromatic carbocycles. The number of hydrogen-bond donors (Lipinski definition) is 1. The molecule has 0 saturated carbocycles. The van der Waals surface area contributed by atoms with Crippen LogP contribution in [-0.4, -0.2) is 13.2 Å². The number of hydrogen-bond acceptors (Lipinski definition) is 2. The van der Waals surface area contributed by atoms with Crippen LogP contribution in [0.2, 0.25) is 0 Å². The molecule has 0 aromatic heterocycles. The van der Waals surface area contributed by atoms with Crippen LogP contribution in [0.15, 0.2) is 30.3 Å². The maximum absolute atomic E-state index is 12.0. The number of nitrogens with two attached hydrogens (primary N) is 1. The molecule has 0 saturated heterocycles. The van der Waals surface area contributed by atoms with Crippen molar-refractivity contribution in [3.05, 3.63) is 35.9 Å². The van der Waals surface area contributed by atoms with Gasteiger partial charge in [0.05, 0.1) is 0 Å². The molecule has 0 aliphatic rings. The van der Waals surface area contributed by atoms with Gasteiger partial charge in [-0.15, -0.1) is 0 Å². The third kappa shape index (κ3) is 3.98. The Morgan fingerprint density at radius 1 is 1.50 bits per heavy atom. The Balaban J connectivity index is 2.81. The molecule has 0 aliphatic carbocycles. The molecule has 0 fully saturated rings. The third-order valence-corrected chi connectivity index (χ3v) is 2.13. The molecular weight excluding hydrogens is 212 g/mol. The molecule has 0 aliphatic heterocycles. The summed E-state index contributed by atoms with van der Waals surface area (Å²) in [6.07, 6.45) is 2.74. The quantitative estimate of drug-likeness (QED) is 0.839. The summed E-state index contributed by atoms with van der Waals surface area (Å²) in [6.45, 7) is -0.301. The van der Waals surface area contributed by atoms with Crippen LogP contribution in [-0.2, 0) is 0 Å². The van der Waals surface area contributed by atoms with Gasteiger partial charge in [-0.3, -0.25) is 0 Å². The first-order valence-corrected chi connectivity index (χ1v) is 5.05. The summed E-state index contributed by atoms with van der Waals surface area (Å²) >= 11 is 0. The molecule has 0 unspecified atom stereocenters. The van der Waals surface area contributed by atoms with Crippen LogP contribution in [0.1, 0.15) is 18.9 Å². The van der Waals surface area contributed by atoms with Gasteiger partial charge in [0, 0.05) is 0 Å². The normalized spacial score (nSPS) is 11.9. The van der Waals surface area contributed by atoms with E-state index >= 15 is 0 Å². The van der Waals surface area contributed by atoms with Crippen LogP contribution >= 0.6 is 0 Å². The summed E-state index contributed by atoms with van der Waals surface area (Å²) in [6, 6.07) is 6.63. The van der Waals surface area contributed by atoms with Crippen molar-refractivity contribution >= 4 is 5.57 Å². The van der Waals surface area contributed by atoms with Gasteiger partial charge in [0.2, 0.25) is 0 Å². The van der Waals surface area contributed by atoms with Gasteiger partial charge in [-0.2, -0.15) is 8.78 Å². The van der Waals surface area contributed by atoms with Crippen molar-refractivity contribution in [1.29, 1.82) is 0 Å². The van der Waals surface area contributed by atoms with E-state index in [9.17, 15) is 8.78 Å². The summed E-state index contributed by atoms with van der Waals surface area (Å²) in [5.41, 5.74) is 7.25. The smallest absolute Gasteiger partial charge is 0.387 e. The van der Waals surface area contributed by atoms with E-state index in [4.69, 9.17) is 5.73 Å². The molecule has 88 valence electrons. The molecule has 1 rings (SSSR count). The number of allylic oxidation sites excluding steroid dienone is 1.